The van der Waals surface area contributed by atoms with E-state index < -0.39 is 23.6 Å². The SMILES string of the molecule is CC(NC(=O)c1ccco1)c1ccc(F)cc1F. The van der Waals surface area contributed by atoms with Crippen LogP contribution in [0.15, 0.2) is 41.0 Å². The van der Waals surface area contributed by atoms with Gasteiger partial charge >= 0.3 is 0 Å². The van der Waals surface area contributed by atoms with Gasteiger partial charge in [0.05, 0.1) is 12.3 Å². The van der Waals surface area contributed by atoms with Gasteiger partial charge in [-0.3, -0.25) is 4.79 Å². The lowest BCUT2D eigenvalue weighted by Crippen LogP contribution is -2.26. The molecule has 1 amide bonds. The predicted molar refractivity (Wildman–Crippen MR) is 60.9 cm³/mol. The van der Waals surface area contributed by atoms with E-state index in [0.29, 0.717) is 0 Å². The summed E-state index contributed by atoms with van der Waals surface area (Å²) in [4.78, 5) is 11.7. The standard InChI is InChI=1S/C13H11F2NO2/c1-8(10-5-4-9(14)7-11(10)15)16-13(17)12-3-2-6-18-12/h2-8H,1H3,(H,16,17). The van der Waals surface area contributed by atoms with Gasteiger partial charge in [0.1, 0.15) is 11.6 Å². The molecular weight excluding hydrogens is 240 g/mol. The highest BCUT2D eigenvalue weighted by molar-refractivity contribution is 5.91. The predicted octanol–water partition coefficient (Wildman–Crippen LogP) is 3.05. The maximum atomic E-state index is 13.5. The summed E-state index contributed by atoms with van der Waals surface area (Å²) in [6, 6.07) is 5.74. The van der Waals surface area contributed by atoms with E-state index in [4.69, 9.17) is 4.42 Å². The van der Waals surface area contributed by atoms with E-state index in [0.717, 1.165) is 12.1 Å². The summed E-state index contributed by atoms with van der Waals surface area (Å²) in [5.41, 5.74) is 0.219. The largest absolute Gasteiger partial charge is 0.459 e. The van der Waals surface area contributed by atoms with Crippen LogP contribution in [0.1, 0.15) is 29.1 Å². The normalized spacial score (nSPS) is 12.2. The molecule has 1 unspecified atom stereocenters. The fraction of sp³-hybridized carbons (Fsp3) is 0.154. The second kappa shape index (κ2) is 5.00. The Morgan fingerprint density at radius 1 is 1.33 bits per heavy atom. The molecule has 0 saturated carbocycles. The van der Waals surface area contributed by atoms with Gasteiger partial charge in [-0.1, -0.05) is 6.07 Å². The Kier molecular flexibility index (Phi) is 3.41. The van der Waals surface area contributed by atoms with Crippen molar-refractivity contribution in [3.8, 4) is 0 Å². The summed E-state index contributed by atoms with van der Waals surface area (Å²) in [6.45, 7) is 1.61. The van der Waals surface area contributed by atoms with Crippen LogP contribution in [0.4, 0.5) is 8.78 Å². The molecule has 0 spiro atoms. The number of carbonyl (C=O) groups is 1. The van der Waals surface area contributed by atoms with Gasteiger partial charge in [-0.2, -0.15) is 0 Å². The van der Waals surface area contributed by atoms with Crippen LogP contribution in [0, 0.1) is 11.6 Å². The molecule has 0 saturated heterocycles. The first-order chi connectivity index (χ1) is 8.58. The van der Waals surface area contributed by atoms with E-state index in [-0.39, 0.29) is 11.3 Å². The smallest absolute Gasteiger partial charge is 0.287 e. The molecule has 2 aromatic rings. The highest BCUT2D eigenvalue weighted by atomic mass is 19.1. The van der Waals surface area contributed by atoms with Gasteiger partial charge in [-0.15, -0.1) is 0 Å². The molecule has 3 nitrogen and oxygen atoms in total. The van der Waals surface area contributed by atoms with Crippen LogP contribution >= 0.6 is 0 Å². The van der Waals surface area contributed by atoms with Crippen molar-refractivity contribution in [2.24, 2.45) is 0 Å². The van der Waals surface area contributed by atoms with Crippen molar-refractivity contribution in [3.63, 3.8) is 0 Å². The number of carbonyl (C=O) groups excluding carboxylic acids is 1. The van der Waals surface area contributed by atoms with Crippen molar-refractivity contribution in [3.05, 3.63) is 59.6 Å². The number of hydrogen-bond donors (Lipinski definition) is 1. The molecule has 1 N–H and O–H groups in total. The number of benzene rings is 1. The van der Waals surface area contributed by atoms with Crippen LogP contribution in [0.2, 0.25) is 0 Å². The lowest BCUT2D eigenvalue weighted by molar-refractivity contribution is 0.0911. The summed E-state index contributed by atoms with van der Waals surface area (Å²) in [6.07, 6.45) is 1.37. The quantitative estimate of drug-likeness (QED) is 0.911. The van der Waals surface area contributed by atoms with Crippen LogP contribution in [-0.4, -0.2) is 5.91 Å². The number of nitrogens with one attached hydrogen (secondary N) is 1. The number of halogens is 2. The second-order valence-electron chi connectivity index (χ2n) is 3.84. The summed E-state index contributed by atoms with van der Waals surface area (Å²) in [5.74, 6) is -1.65. The molecular formula is C13H11F2NO2. The maximum Gasteiger partial charge on any atom is 0.287 e. The number of furan rings is 1. The number of rotatable bonds is 3. The van der Waals surface area contributed by atoms with E-state index >= 15 is 0 Å². The minimum atomic E-state index is -0.692. The minimum Gasteiger partial charge on any atom is -0.459 e. The first kappa shape index (κ1) is 12.3. The Morgan fingerprint density at radius 2 is 2.11 bits per heavy atom. The van der Waals surface area contributed by atoms with E-state index in [9.17, 15) is 13.6 Å². The van der Waals surface area contributed by atoms with Crippen molar-refractivity contribution in [2.75, 3.05) is 0 Å². The third-order valence-corrected chi connectivity index (χ3v) is 2.52. The highest BCUT2D eigenvalue weighted by Crippen LogP contribution is 2.18. The molecule has 5 heteroatoms. The highest BCUT2D eigenvalue weighted by Gasteiger charge is 2.16. The summed E-state index contributed by atoms with van der Waals surface area (Å²) < 4.78 is 31.1. The maximum absolute atomic E-state index is 13.5. The Morgan fingerprint density at radius 3 is 2.72 bits per heavy atom. The fourth-order valence-electron chi connectivity index (χ4n) is 1.61. The third-order valence-electron chi connectivity index (χ3n) is 2.52. The molecule has 0 radical (unpaired) electrons. The number of amides is 1. The molecule has 94 valence electrons. The van der Waals surface area contributed by atoms with E-state index in [2.05, 4.69) is 5.32 Å². The molecule has 1 aromatic carbocycles. The van der Waals surface area contributed by atoms with Crippen molar-refractivity contribution in [1.82, 2.24) is 5.32 Å². The zero-order valence-corrected chi connectivity index (χ0v) is 9.61. The topological polar surface area (TPSA) is 42.2 Å². The lowest BCUT2D eigenvalue weighted by Gasteiger charge is -2.14. The van der Waals surface area contributed by atoms with Gasteiger partial charge in [0.15, 0.2) is 5.76 Å². The molecule has 1 atom stereocenters. The molecule has 0 aliphatic carbocycles. The molecule has 0 bridgehead atoms. The zero-order chi connectivity index (χ0) is 13.1. The van der Waals surface area contributed by atoms with Crippen LogP contribution in [0.3, 0.4) is 0 Å². The molecule has 1 heterocycles. The summed E-state index contributed by atoms with van der Waals surface area (Å²) >= 11 is 0. The van der Waals surface area contributed by atoms with Crippen molar-refractivity contribution >= 4 is 5.91 Å². The van der Waals surface area contributed by atoms with Crippen LogP contribution in [0.5, 0.6) is 0 Å². The average Bonchev–Trinajstić information content (AvgIpc) is 2.81. The van der Waals surface area contributed by atoms with Crippen LogP contribution < -0.4 is 5.32 Å². The van der Waals surface area contributed by atoms with E-state index in [1.807, 2.05) is 0 Å². The zero-order valence-electron chi connectivity index (χ0n) is 9.61. The van der Waals surface area contributed by atoms with Crippen molar-refractivity contribution < 1.29 is 18.0 Å². The van der Waals surface area contributed by atoms with E-state index in [1.165, 1.54) is 18.4 Å². The molecule has 2 rings (SSSR count). The molecule has 0 aliphatic heterocycles. The van der Waals surface area contributed by atoms with Gasteiger partial charge in [-0.25, -0.2) is 8.78 Å². The van der Waals surface area contributed by atoms with Gasteiger partial charge in [-0.05, 0) is 25.1 Å². The lowest BCUT2D eigenvalue weighted by atomic mass is 10.1. The summed E-state index contributed by atoms with van der Waals surface area (Å²) in [5, 5.41) is 2.56. The third kappa shape index (κ3) is 2.56. The summed E-state index contributed by atoms with van der Waals surface area (Å²) in [7, 11) is 0. The molecule has 0 aliphatic rings. The van der Waals surface area contributed by atoms with Gasteiger partial charge in [0.2, 0.25) is 0 Å². The van der Waals surface area contributed by atoms with Crippen LogP contribution in [0.25, 0.3) is 0 Å². The minimum absolute atomic E-state index is 0.143. The Balaban J connectivity index is 2.12. The Labute approximate surface area is 102 Å². The second-order valence-corrected chi connectivity index (χ2v) is 3.84. The van der Waals surface area contributed by atoms with Crippen molar-refractivity contribution in [2.45, 2.75) is 13.0 Å². The molecule has 1 aromatic heterocycles. The van der Waals surface area contributed by atoms with Crippen LogP contribution in [-0.2, 0) is 0 Å². The van der Waals surface area contributed by atoms with Crippen molar-refractivity contribution in [1.29, 1.82) is 0 Å². The fourth-order valence-corrected chi connectivity index (χ4v) is 1.61. The molecule has 0 fully saturated rings. The Bertz CT molecular complexity index is 552. The Hall–Kier alpha value is -2.17. The first-order valence-corrected chi connectivity index (χ1v) is 5.37. The van der Waals surface area contributed by atoms with Gasteiger partial charge < -0.3 is 9.73 Å². The monoisotopic (exact) mass is 251 g/mol. The number of hydrogen-bond acceptors (Lipinski definition) is 2. The molecule has 18 heavy (non-hydrogen) atoms. The van der Waals surface area contributed by atoms with Gasteiger partial charge in [0, 0.05) is 11.6 Å². The van der Waals surface area contributed by atoms with Gasteiger partial charge in [0.25, 0.3) is 5.91 Å². The van der Waals surface area contributed by atoms with E-state index in [1.54, 1.807) is 13.0 Å². The first-order valence-electron chi connectivity index (χ1n) is 5.37. The average molecular weight is 251 g/mol.